The van der Waals surface area contributed by atoms with Crippen LogP contribution in [-0.2, 0) is 4.79 Å². The highest BCUT2D eigenvalue weighted by molar-refractivity contribution is 5.81. The molecule has 20 heavy (non-hydrogen) atoms. The summed E-state index contributed by atoms with van der Waals surface area (Å²) in [5.74, 6) is 0.120. The van der Waals surface area contributed by atoms with E-state index in [0.717, 1.165) is 32.2 Å². The first-order valence-corrected chi connectivity index (χ1v) is 8.09. The second-order valence-electron chi connectivity index (χ2n) is 6.94. The molecular weight excluding hydrogens is 252 g/mol. The highest BCUT2D eigenvalue weighted by Crippen LogP contribution is 2.21. The summed E-state index contributed by atoms with van der Waals surface area (Å²) in [6.07, 6.45) is 7.81. The van der Waals surface area contributed by atoms with E-state index in [1.54, 1.807) is 0 Å². The molecule has 0 aromatic carbocycles. The van der Waals surface area contributed by atoms with Gasteiger partial charge in [-0.25, -0.2) is 0 Å². The van der Waals surface area contributed by atoms with E-state index in [1.807, 2.05) is 6.92 Å². The lowest BCUT2D eigenvalue weighted by atomic mass is 9.87. The molecule has 1 fully saturated rings. The molecule has 0 saturated heterocycles. The average molecular weight is 284 g/mol. The zero-order chi connectivity index (χ0) is 15.0. The van der Waals surface area contributed by atoms with Crippen LogP contribution in [0.4, 0.5) is 0 Å². The fourth-order valence-corrected chi connectivity index (χ4v) is 2.74. The van der Waals surface area contributed by atoms with Gasteiger partial charge in [0.2, 0.25) is 5.91 Å². The lowest BCUT2D eigenvalue weighted by Gasteiger charge is -2.28. The fraction of sp³-hybridized carbons (Fsp3) is 0.938. The lowest BCUT2D eigenvalue weighted by molar-refractivity contribution is -0.123. The number of aliphatic hydroxyl groups is 1. The van der Waals surface area contributed by atoms with Crippen molar-refractivity contribution in [3.63, 3.8) is 0 Å². The van der Waals surface area contributed by atoms with Crippen LogP contribution >= 0.6 is 0 Å². The monoisotopic (exact) mass is 284 g/mol. The second-order valence-corrected chi connectivity index (χ2v) is 6.94. The van der Waals surface area contributed by atoms with Crippen LogP contribution in [0.15, 0.2) is 0 Å². The van der Waals surface area contributed by atoms with Gasteiger partial charge in [0.25, 0.3) is 0 Å². The van der Waals surface area contributed by atoms with Gasteiger partial charge in [0.15, 0.2) is 0 Å². The van der Waals surface area contributed by atoms with Crippen molar-refractivity contribution in [1.82, 2.24) is 10.6 Å². The van der Waals surface area contributed by atoms with Gasteiger partial charge in [0.05, 0.1) is 6.04 Å². The Labute approximate surface area is 123 Å². The molecule has 0 aromatic heterocycles. The lowest BCUT2D eigenvalue weighted by Crippen LogP contribution is -2.48. The maximum absolute atomic E-state index is 12.1. The third kappa shape index (κ3) is 6.71. The van der Waals surface area contributed by atoms with E-state index in [4.69, 9.17) is 5.11 Å². The molecule has 4 heteroatoms. The first-order chi connectivity index (χ1) is 9.44. The van der Waals surface area contributed by atoms with Crippen LogP contribution in [0.5, 0.6) is 0 Å². The molecule has 118 valence electrons. The first-order valence-electron chi connectivity index (χ1n) is 8.09. The van der Waals surface area contributed by atoms with E-state index >= 15 is 0 Å². The SMILES string of the molecule is CC(NCC(C)(C)CCCO)C(=O)NC1CCCCC1. The summed E-state index contributed by atoms with van der Waals surface area (Å²) in [5, 5.41) is 15.4. The maximum Gasteiger partial charge on any atom is 0.237 e. The second kappa shape index (κ2) is 8.63. The van der Waals surface area contributed by atoms with Crippen LogP contribution in [-0.4, -0.2) is 36.2 Å². The third-order valence-electron chi connectivity index (χ3n) is 4.24. The Hall–Kier alpha value is -0.610. The topological polar surface area (TPSA) is 61.4 Å². The quantitative estimate of drug-likeness (QED) is 0.640. The average Bonchev–Trinajstić information content (AvgIpc) is 2.44. The summed E-state index contributed by atoms with van der Waals surface area (Å²) in [5.41, 5.74) is 0.113. The van der Waals surface area contributed by atoms with Crippen LogP contribution in [0.3, 0.4) is 0 Å². The summed E-state index contributed by atoms with van der Waals surface area (Å²) < 4.78 is 0. The van der Waals surface area contributed by atoms with Gasteiger partial charge in [0.1, 0.15) is 0 Å². The number of aliphatic hydroxyl groups excluding tert-OH is 1. The van der Waals surface area contributed by atoms with Gasteiger partial charge in [-0.15, -0.1) is 0 Å². The fourth-order valence-electron chi connectivity index (χ4n) is 2.74. The van der Waals surface area contributed by atoms with Gasteiger partial charge in [0, 0.05) is 19.2 Å². The largest absolute Gasteiger partial charge is 0.396 e. The Morgan fingerprint density at radius 3 is 2.55 bits per heavy atom. The number of carbonyl (C=O) groups is 1. The predicted octanol–water partition coefficient (Wildman–Crippen LogP) is 2.21. The summed E-state index contributed by atoms with van der Waals surface area (Å²) in [7, 11) is 0. The molecule has 0 heterocycles. The summed E-state index contributed by atoms with van der Waals surface area (Å²) in [6, 6.07) is 0.230. The molecule has 1 aliphatic carbocycles. The third-order valence-corrected chi connectivity index (χ3v) is 4.24. The molecule has 0 aromatic rings. The number of rotatable bonds is 8. The molecule has 3 N–H and O–H groups in total. The Bertz CT molecular complexity index is 286. The van der Waals surface area contributed by atoms with Crippen molar-refractivity contribution in [3.05, 3.63) is 0 Å². The molecule has 0 radical (unpaired) electrons. The van der Waals surface area contributed by atoms with Crippen molar-refractivity contribution >= 4 is 5.91 Å². The van der Waals surface area contributed by atoms with Crippen molar-refractivity contribution in [1.29, 1.82) is 0 Å². The number of hydrogen-bond donors (Lipinski definition) is 3. The summed E-state index contributed by atoms with van der Waals surface area (Å²) >= 11 is 0. The molecule has 1 unspecified atom stereocenters. The maximum atomic E-state index is 12.1. The van der Waals surface area contributed by atoms with Crippen LogP contribution in [0, 0.1) is 5.41 Å². The Morgan fingerprint density at radius 2 is 1.95 bits per heavy atom. The van der Waals surface area contributed by atoms with Crippen molar-refractivity contribution in [2.75, 3.05) is 13.2 Å². The van der Waals surface area contributed by atoms with E-state index in [1.165, 1.54) is 19.3 Å². The van der Waals surface area contributed by atoms with Crippen molar-refractivity contribution in [3.8, 4) is 0 Å². The van der Waals surface area contributed by atoms with Crippen LogP contribution in [0.2, 0.25) is 0 Å². The minimum atomic E-state index is -0.148. The molecule has 1 saturated carbocycles. The first kappa shape index (κ1) is 17.4. The molecule has 4 nitrogen and oxygen atoms in total. The van der Waals surface area contributed by atoms with Gasteiger partial charge in [-0.3, -0.25) is 4.79 Å². The molecule has 1 amide bonds. The Balaban J connectivity index is 2.26. The van der Waals surface area contributed by atoms with Gasteiger partial charge >= 0.3 is 0 Å². The predicted molar refractivity (Wildman–Crippen MR) is 82.6 cm³/mol. The van der Waals surface area contributed by atoms with E-state index in [-0.39, 0.29) is 24.0 Å². The molecule has 1 atom stereocenters. The molecular formula is C16H32N2O2. The summed E-state index contributed by atoms with van der Waals surface area (Å²) in [4.78, 5) is 12.1. The molecule has 1 aliphatic rings. The minimum Gasteiger partial charge on any atom is -0.396 e. The van der Waals surface area contributed by atoms with Crippen LogP contribution in [0.25, 0.3) is 0 Å². The van der Waals surface area contributed by atoms with E-state index < -0.39 is 0 Å². The van der Waals surface area contributed by atoms with E-state index in [0.29, 0.717) is 6.04 Å². The standard InChI is InChI=1S/C16H32N2O2/c1-13(17-12-16(2,3)10-7-11-19)15(20)18-14-8-5-4-6-9-14/h13-14,17,19H,4-12H2,1-3H3,(H,18,20). The summed E-state index contributed by atoms with van der Waals surface area (Å²) in [6.45, 7) is 7.30. The van der Waals surface area contributed by atoms with Crippen LogP contribution < -0.4 is 10.6 Å². The van der Waals surface area contributed by atoms with Crippen molar-refractivity contribution in [2.45, 2.75) is 77.8 Å². The van der Waals surface area contributed by atoms with Gasteiger partial charge < -0.3 is 15.7 Å². The van der Waals surface area contributed by atoms with E-state index in [9.17, 15) is 4.79 Å². The van der Waals surface area contributed by atoms with E-state index in [2.05, 4.69) is 24.5 Å². The highest BCUT2D eigenvalue weighted by atomic mass is 16.2. The van der Waals surface area contributed by atoms with Gasteiger partial charge in [-0.2, -0.15) is 0 Å². The molecule has 1 rings (SSSR count). The molecule has 0 bridgehead atoms. The van der Waals surface area contributed by atoms with Crippen LogP contribution in [0.1, 0.15) is 65.7 Å². The van der Waals surface area contributed by atoms with Crippen molar-refractivity contribution < 1.29 is 9.90 Å². The number of nitrogens with one attached hydrogen (secondary N) is 2. The normalized spacial score (nSPS) is 18.8. The number of hydrogen-bond acceptors (Lipinski definition) is 3. The zero-order valence-electron chi connectivity index (χ0n) is 13.4. The number of amides is 1. The number of carbonyl (C=O) groups excluding carboxylic acids is 1. The van der Waals surface area contributed by atoms with Gasteiger partial charge in [-0.1, -0.05) is 33.1 Å². The minimum absolute atomic E-state index is 0.113. The smallest absolute Gasteiger partial charge is 0.237 e. The zero-order valence-corrected chi connectivity index (χ0v) is 13.4. The van der Waals surface area contributed by atoms with Crippen molar-refractivity contribution in [2.24, 2.45) is 5.41 Å². The van der Waals surface area contributed by atoms with Gasteiger partial charge in [-0.05, 0) is 38.0 Å². The molecule has 0 spiro atoms. The Kier molecular flexibility index (Phi) is 7.52. The highest BCUT2D eigenvalue weighted by Gasteiger charge is 2.22. The molecule has 0 aliphatic heterocycles. The Morgan fingerprint density at radius 1 is 1.30 bits per heavy atom.